The molecule has 1 amide bonds. The third-order valence-electron chi connectivity index (χ3n) is 3.21. The summed E-state index contributed by atoms with van der Waals surface area (Å²) in [4.78, 5) is 15.7. The molecule has 0 aliphatic carbocycles. The fourth-order valence-corrected chi connectivity index (χ4v) is 2.68. The Morgan fingerprint density at radius 1 is 1.32 bits per heavy atom. The van der Waals surface area contributed by atoms with Gasteiger partial charge in [0, 0.05) is 35.9 Å². The van der Waals surface area contributed by atoms with E-state index >= 15 is 0 Å². The summed E-state index contributed by atoms with van der Waals surface area (Å²) in [7, 11) is 6.06. The van der Waals surface area contributed by atoms with E-state index < -0.39 is 6.10 Å². The van der Waals surface area contributed by atoms with Gasteiger partial charge >= 0.3 is 0 Å². The Labute approximate surface area is 121 Å². The van der Waals surface area contributed by atoms with Gasteiger partial charge in [-0.15, -0.1) is 0 Å². The Hall–Kier alpha value is -1.11. The van der Waals surface area contributed by atoms with Crippen molar-refractivity contribution < 1.29 is 9.90 Å². The minimum Gasteiger partial charge on any atom is -0.378 e. The number of fused-ring (bicyclic) bond motifs is 1. The van der Waals surface area contributed by atoms with Gasteiger partial charge in [0.1, 0.15) is 0 Å². The quantitative estimate of drug-likeness (QED) is 0.878. The molecule has 2 N–H and O–H groups in total. The number of halogens is 1. The molecule has 0 radical (unpaired) electrons. The Bertz CT molecular complexity index is 505. The van der Waals surface area contributed by atoms with E-state index in [1.807, 2.05) is 27.2 Å². The third-order valence-corrected chi connectivity index (χ3v) is 3.85. The lowest BCUT2D eigenvalue weighted by Crippen LogP contribution is -2.28. The normalized spacial score (nSPS) is 17.6. The molecule has 0 saturated carbocycles. The number of benzene rings is 1. The summed E-state index contributed by atoms with van der Waals surface area (Å²) in [6, 6.07) is 3.70. The molecule has 1 heterocycles. The minimum absolute atomic E-state index is 0.366. The van der Waals surface area contributed by atoms with Crippen LogP contribution in [0.5, 0.6) is 0 Å². The second-order valence-electron chi connectivity index (χ2n) is 5.01. The van der Waals surface area contributed by atoms with Gasteiger partial charge in [0.2, 0.25) is 0 Å². The Balaban J connectivity index is 2.24. The van der Waals surface area contributed by atoms with Crippen LogP contribution in [0.1, 0.15) is 11.7 Å². The summed E-state index contributed by atoms with van der Waals surface area (Å²) in [5, 5.41) is 12.4. The fourth-order valence-electron chi connectivity index (χ4n) is 2.02. The number of anilines is 2. The van der Waals surface area contributed by atoms with Crippen LogP contribution >= 0.6 is 15.9 Å². The predicted molar refractivity (Wildman–Crippen MR) is 79.6 cm³/mol. The summed E-state index contributed by atoms with van der Waals surface area (Å²) in [5.41, 5.74) is 2.31. The molecule has 1 aromatic rings. The Kier molecular flexibility index (Phi) is 4.13. The number of hydrogen-bond acceptors (Lipinski definition) is 4. The highest BCUT2D eigenvalue weighted by Crippen LogP contribution is 2.38. The van der Waals surface area contributed by atoms with Crippen molar-refractivity contribution in [3.63, 3.8) is 0 Å². The maximum absolute atomic E-state index is 11.4. The predicted octanol–water partition coefficient (Wildman–Crippen LogP) is 1.43. The molecule has 1 atom stereocenters. The lowest BCUT2D eigenvalue weighted by Gasteiger charge is -2.23. The average molecular weight is 328 g/mol. The average Bonchev–Trinajstić information content (AvgIpc) is 2.61. The summed E-state index contributed by atoms with van der Waals surface area (Å²) >= 11 is 3.50. The number of aliphatic hydroxyl groups is 1. The molecule has 1 unspecified atom stereocenters. The van der Waals surface area contributed by atoms with Gasteiger partial charge in [-0.25, -0.2) is 0 Å². The topological polar surface area (TPSA) is 55.8 Å². The molecule has 0 fully saturated rings. The van der Waals surface area contributed by atoms with Crippen LogP contribution in [0.15, 0.2) is 16.6 Å². The molecular weight excluding hydrogens is 310 g/mol. The van der Waals surface area contributed by atoms with E-state index in [9.17, 15) is 9.90 Å². The lowest BCUT2D eigenvalue weighted by molar-refractivity contribution is -0.123. The summed E-state index contributed by atoms with van der Waals surface area (Å²) in [6.45, 7) is 1.82. The maximum atomic E-state index is 11.4. The van der Waals surface area contributed by atoms with Crippen LogP contribution in [-0.2, 0) is 4.79 Å². The van der Waals surface area contributed by atoms with Crippen LogP contribution in [0.4, 0.5) is 11.4 Å². The Morgan fingerprint density at radius 3 is 2.63 bits per heavy atom. The lowest BCUT2D eigenvalue weighted by atomic mass is 10.1. The van der Waals surface area contributed by atoms with Gasteiger partial charge in [0.15, 0.2) is 6.10 Å². The van der Waals surface area contributed by atoms with E-state index in [0.29, 0.717) is 11.3 Å². The fraction of sp³-hybridized carbons (Fsp3) is 0.462. The van der Waals surface area contributed by atoms with Crippen molar-refractivity contribution in [2.24, 2.45) is 0 Å². The first-order valence-corrected chi connectivity index (χ1v) is 6.87. The smallest absolute Gasteiger partial charge is 0.257 e. The first-order valence-electron chi connectivity index (χ1n) is 6.08. The molecule has 6 heteroatoms. The van der Waals surface area contributed by atoms with Gasteiger partial charge in [-0.05, 0) is 42.2 Å². The number of likely N-dealkylation sites (N-methyl/N-ethyl adjacent to an activating group) is 2. The van der Waals surface area contributed by atoms with Crippen molar-refractivity contribution in [1.82, 2.24) is 4.90 Å². The van der Waals surface area contributed by atoms with E-state index in [0.717, 1.165) is 23.2 Å². The molecule has 0 aromatic heterocycles. The van der Waals surface area contributed by atoms with Gasteiger partial charge in [0.25, 0.3) is 5.91 Å². The monoisotopic (exact) mass is 327 g/mol. The minimum atomic E-state index is -1.06. The largest absolute Gasteiger partial charge is 0.378 e. The maximum Gasteiger partial charge on any atom is 0.257 e. The zero-order valence-electron chi connectivity index (χ0n) is 11.3. The van der Waals surface area contributed by atoms with Crippen molar-refractivity contribution in [1.29, 1.82) is 0 Å². The highest BCUT2D eigenvalue weighted by Gasteiger charge is 2.29. The van der Waals surface area contributed by atoms with Gasteiger partial charge in [-0.3, -0.25) is 4.79 Å². The Morgan fingerprint density at radius 2 is 2.00 bits per heavy atom. The third kappa shape index (κ3) is 2.91. The summed E-state index contributed by atoms with van der Waals surface area (Å²) in [5.74, 6) is -0.366. The molecule has 1 aromatic carbocycles. The van der Waals surface area contributed by atoms with E-state index in [2.05, 4.69) is 31.0 Å². The van der Waals surface area contributed by atoms with Crippen LogP contribution in [0.3, 0.4) is 0 Å². The first-order chi connectivity index (χ1) is 8.90. The molecule has 2 rings (SSSR count). The van der Waals surface area contributed by atoms with Crippen LogP contribution in [0.2, 0.25) is 0 Å². The molecule has 0 spiro atoms. The number of carbonyl (C=O) groups excluding carboxylic acids is 1. The number of rotatable bonds is 4. The van der Waals surface area contributed by atoms with E-state index in [4.69, 9.17) is 0 Å². The van der Waals surface area contributed by atoms with Gasteiger partial charge in [-0.2, -0.15) is 0 Å². The van der Waals surface area contributed by atoms with Crippen LogP contribution in [-0.4, -0.2) is 50.1 Å². The SMILES string of the molecule is CN(C)CCN(C)c1cc2c(cc1Br)C(O)C(=O)N2. The molecule has 1 aliphatic heterocycles. The highest BCUT2D eigenvalue weighted by molar-refractivity contribution is 9.10. The molecule has 1 aliphatic rings. The van der Waals surface area contributed by atoms with Crippen molar-refractivity contribution in [2.75, 3.05) is 44.4 Å². The molecular formula is C13H18BrN3O2. The van der Waals surface area contributed by atoms with Crippen LogP contribution < -0.4 is 10.2 Å². The van der Waals surface area contributed by atoms with Crippen molar-refractivity contribution >= 4 is 33.2 Å². The van der Waals surface area contributed by atoms with Gasteiger partial charge in [0.05, 0.1) is 5.69 Å². The number of aliphatic hydroxyl groups excluding tert-OH is 1. The highest BCUT2D eigenvalue weighted by atomic mass is 79.9. The molecule has 0 bridgehead atoms. The van der Waals surface area contributed by atoms with Crippen LogP contribution in [0, 0.1) is 0 Å². The summed E-state index contributed by atoms with van der Waals surface area (Å²) < 4.78 is 0.878. The molecule has 0 saturated heterocycles. The van der Waals surface area contributed by atoms with Crippen molar-refractivity contribution in [3.8, 4) is 0 Å². The first kappa shape index (κ1) is 14.3. The van der Waals surface area contributed by atoms with Crippen molar-refractivity contribution in [2.45, 2.75) is 6.10 Å². The molecule has 5 nitrogen and oxygen atoms in total. The van der Waals surface area contributed by atoms with Gasteiger partial charge < -0.3 is 20.2 Å². The standard InChI is InChI=1S/C13H18BrN3O2/c1-16(2)4-5-17(3)11-7-10-8(6-9(11)14)12(18)13(19)15-10/h6-7,12,18H,4-5H2,1-3H3,(H,15,19). The number of nitrogens with one attached hydrogen (secondary N) is 1. The molecule has 19 heavy (non-hydrogen) atoms. The number of carbonyl (C=O) groups is 1. The zero-order valence-corrected chi connectivity index (χ0v) is 12.9. The number of nitrogens with zero attached hydrogens (tertiary/aromatic N) is 2. The van der Waals surface area contributed by atoms with Crippen molar-refractivity contribution in [3.05, 3.63) is 22.2 Å². The van der Waals surface area contributed by atoms with Crippen LogP contribution in [0.25, 0.3) is 0 Å². The van der Waals surface area contributed by atoms with E-state index in [1.54, 1.807) is 6.07 Å². The van der Waals surface area contributed by atoms with E-state index in [1.165, 1.54) is 0 Å². The van der Waals surface area contributed by atoms with E-state index in [-0.39, 0.29) is 5.91 Å². The second-order valence-corrected chi connectivity index (χ2v) is 5.86. The second kappa shape index (κ2) is 5.48. The molecule has 104 valence electrons. The number of amides is 1. The summed E-state index contributed by atoms with van der Waals surface area (Å²) in [6.07, 6.45) is -1.06. The van der Waals surface area contributed by atoms with Gasteiger partial charge in [-0.1, -0.05) is 0 Å². The zero-order chi connectivity index (χ0) is 14.2. The number of hydrogen-bond donors (Lipinski definition) is 2.